The fraction of sp³-hybridized carbons (Fsp3) is 0.263. The molecule has 0 radical (unpaired) electrons. The molecule has 6 heteroatoms. The molecule has 128 valence electrons. The van der Waals surface area contributed by atoms with E-state index in [0.717, 1.165) is 31.8 Å². The summed E-state index contributed by atoms with van der Waals surface area (Å²) in [4.78, 5) is 14.5. The predicted molar refractivity (Wildman–Crippen MR) is 98.4 cm³/mol. The number of anilines is 2. The largest absolute Gasteiger partial charge is 0.441 e. The van der Waals surface area contributed by atoms with Crippen molar-refractivity contribution in [3.63, 3.8) is 0 Å². The second kappa shape index (κ2) is 7.91. The molecule has 0 atom stereocenters. The molecule has 5 nitrogen and oxygen atoms in total. The lowest BCUT2D eigenvalue weighted by Gasteiger charge is -2.25. The quantitative estimate of drug-likeness (QED) is 0.649. The Hall–Kier alpha value is -2.71. The molecule has 0 saturated carbocycles. The first kappa shape index (κ1) is 17.1. The van der Waals surface area contributed by atoms with Gasteiger partial charge < -0.3 is 14.6 Å². The van der Waals surface area contributed by atoms with Crippen molar-refractivity contribution >= 4 is 35.2 Å². The van der Waals surface area contributed by atoms with Gasteiger partial charge in [-0.05, 0) is 43.5 Å². The topological polar surface area (TPSA) is 69.3 Å². The second-order valence-electron chi connectivity index (χ2n) is 5.86. The van der Waals surface area contributed by atoms with E-state index in [2.05, 4.69) is 10.2 Å². The van der Waals surface area contributed by atoms with Gasteiger partial charge >= 0.3 is 0 Å². The van der Waals surface area contributed by atoms with Crippen LogP contribution < -0.4 is 10.2 Å². The molecule has 1 aromatic heterocycles. The van der Waals surface area contributed by atoms with E-state index in [4.69, 9.17) is 16.0 Å². The highest BCUT2D eigenvalue weighted by Crippen LogP contribution is 2.24. The van der Waals surface area contributed by atoms with Crippen molar-refractivity contribution in [1.29, 1.82) is 5.26 Å². The van der Waals surface area contributed by atoms with Crippen molar-refractivity contribution in [2.75, 3.05) is 23.3 Å². The number of hydrogen-bond donors (Lipinski definition) is 1. The van der Waals surface area contributed by atoms with Crippen LogP contribution in [0.1, 0.15) is 25.0 Å². The Morgan fingerprint density at radius 3 is 2.76 bits per heavy atom. The van der Waals surface area contributed by atoms with Crippen molar-refractivity contribution in [3.05, 3.63) is 52.8 Å². The van der Waals surface area contributed by atoms with Crippen LogP contribution in [0, 0.1) is 11.3 Å². The molecule has 1 aliphatic rings. The van der Waals surface area contributed by atoms with Crippen LogP contribution >= 0.6 is 11.6 Å². The van der Waals surface area contributed by atoms with E-state index in [1.165, 1.54) is 12.5 Å². The number of nitriles is 1. The van der Waals surface area contributed by atoms with Crippen LogP contribution in [0.4, 0.5) is 11.6 Å². The maximum Gasteiger partial charge on any atom is 0.266 e. The van der Waals surface area contributed by atoms with E-state index < -0.39 is 5.91 Å². The number of nitrogens with zero attached hydrogens (tertiary/aromatic N) is 2. The number of rotatable bonds is 4. The maximum absolute atomic E-state index is 12.3. The fourth-order valence-electron chi connectivity index (χ4n) is 2.76. The third kappa shape index (κ3) is 4.43. The van der Waals surface area contributed by atoms with Crippen molar-refractivity contribution in [3.8, 4) is 6.07 Å². The Morgan fingerprint density at radius 1 is 1.24 bits per heavy atom. The molecule has 1 saturated heterocycles. The second-order valence-corrected chi connectivity index (χ2v) is 6.29. The minimum atomic E-state index is -0.499. The highest BCUT2D eigenvalue weighted by Gasteiger charge is 2.15. The zero-order chi connectivity index (χ0) is 17.6. The molecule has 2 heterocycles. The third-order valence-electron chi connectivity index (χ3n) is 4.01. The van der Waals surface area contributed by atoms with Gasteiger partial charge in [0, 0.05) is 35.9 Å². The lowest BCUT2D eigenvalue weighted by Crippen LogP contribution is -2.28. The summed E-state index contributed by atoms with van der Waals surface area (Å²) in [5, 5.41) is 12.5. The predicted octanol–water partition coefficient (Wildman–Crippen LogP) is 4.47. The van der Waals surface area contributed by atoms with E-state index >= 15 is 0 Å². The number of amides is 1. The van der Waals surface area contributed by atoms with Gasteiger partial charge in [0.15, 0.2) is 5.88 Å². The summed E-state index contributed by atoms with van der Waals surface area (Å²) in [6, 6.07) is 12.3. The molecule has 2 aromatic rings. The molecule has 1 aliphatic heterocycles. The molecular formula is C19H18ClN3O2. The Balaban J connectivity index is 1.72. The van der Waals surface area contributed by atoms with Crippen LogP contribution in [0.5, 0.6) is 0 Å². The summed E-state index contributed by atoms with van der Waals surface area (Å²) in [5.74, 6) is 0.762. The summed E-state index contributed by atoms with van der Waals surface area (Å²) in [7, 11) is 0. The molecule has 1 fully saturated rings. The van der Waals surface area contributed by atoms with Crippen LogP contribution in [0.25, 0.3) is 6.08 Å². The summed E-state index contributed by atoms with van der Waals surface area (Å²) in [6.07, 6.45) is 4.99. The zero-order valence-electron chi connectivity index (χ0n) is 13.7. The summed E-state index contributed by atoms with van der Waals surface area (Å²) in [5.41, 5.74) is 0.506. The zero-order valence-corrected chi connectivity index (χ0v) is 14.4. The van der Waals surface area contributed by atoms with E-state index in [-0.39, 0.29) is 5.57 Å². The van der Waals surface area contributed by atoms with Gasteiger partial charge in [0.25, 0.3) is 5.91 Å². The molecule has 0 bridgehead atoms. The van der Waals surface area contributed by atoms with Crippen LogP contribution in [0.2, 0.25) is 5.02 Å². The summed E-state index contributed by atoms with van der Waals surface area (Å²) >= 11 is 5.90. The molecule has 1 N–H and O–H groups in total. The first-order valence-electron chi connectivity index (χ1n) is 8.19. The average Bonchev–Trinajstić information content (AvgIpc) is 3.09. The lowest BCUT2D eigenvalue weighted by molar-refractivity contribution is -0.112. The highest BCUT2D eigenvalue weighted by atomic mass is 35.5. The van der Waals surface area contributed by atoms with Crippen molar-refractivity contribution in [2.45, 2.75) is 19.3 Å². The van der Waals surface area contributed by atoms with Gasteiger partial charge in [-0.15, -0.1) is 0 Å². The van der Waals surface area contributed by atoms with E-state index in [1.54, 1.807) is 30.3 Å². The van der Waals surface area contributed by atoms with Crippen molar-refractivity contribution in [2.24, 2.45) is 0 Å². The number of furan rings is 1. The fourth-order valence-corrected chi connectivity index (χ4v) is 2.95. The van der Waals surface area contributed by atoms with Gasteiger partial charge in [0.05, 0.1) is 0 Å². The number of nitrogens with one attached hydrogen (secondary N) is 1. The first-order valence-corrected chi connectivity index (χ1v) is 8.57. The van der Waals surface area contributed by atoms with Gasteiger partial charge in [0.2, 0.25) is 0 Å². The van der Waals surface area contributed by atoms with Gasteiger partial charge in [-0.1, -0.05) is 17.7 Å². The van der Waals surface area contributed by atoms with Crippen LogP contribution in [0.15, 0.2) is 46.4 Å². The van der Waals surface area contributed by atoms with Gasteiger partial charge in [0.1, 0.15) is 17.4 Å². The van der Waals surface area contributed by atoms with Crippen LogP contribution in [-0.2, 0) is 4.79 Å². The van der Waals surface area contributed by atoms with E-state index in [1.807, 2.05) is 12.1 Å². The number of benzene rings is 1. The summed E-state index contributed by atoms with van der Waals surface area (Å²) < 4.78 is 5.77. The Morgan fingerprint density at radius 2 is 2.04 bits per heavy atom. The SMILES string of the molecule is N#C/C(=C/c1ccc(N2CCCCC2)o1)C(=O)Nc1cccc(Cl)c1. The molecule has 0 aliphatic carbocycles. The molecule has 0 unspecified atom stereocenters. The molecule has 1 amide bonds. The number of carbonyl (C=O) groups excluding carboxylic acids is 1. The summed E-state index contributed by atoms with van der Waals surface area (Å²) in [6.45, 7) is 1.94. The minimum Gasteiger partial charge on any atom is -0.441 e. The molecule has 0 spiro atoms. The molecule has 3 rings (SSSR count). The average molecular weight is 356 g/mol. The van der Waals surface area contributed by atoms with Crippen molar-refractivity contribution < 1.29 is 9.21 Å². The van der Waals surface area contributed by atoms with Gasteiger partial charge in [-0.2, -0.15) is 5.26 Å². The first-order chi connectivity index (χ1) is 12.2. The Kier molecular flexibility index (Phi) is 5.42. The van der Waals surface area contributed by atoms with Gasteiger partial charge in [-0.25, -0.2) is 0 Å². The molecule has 1 aromatic carbocycles. The third-order valence-corrected chi connectivity index (χ3v) is 4.25. The molecular weight excluding hydrogens is 338 g/mol. The smallest absolute Gasteiger partial charge is 0.266 e. The van der Waals surface area contributed by atoms with E-state index in [0.29, 0.717) is 16.5 Å². The Labute approximate surface area is 151 Å². The number of carbonyl (C=O) groups is 1. The molecule has 25 heavy (non-hydrogen) atoms. The lowest BCUT2D eigenvalue weighted by atomic mass is 10.1. The monoisotopic (exact) mass is 355 g/mol. The maximum atomic E-state index is 12.3. The van der Waals surface area contributed by atoms with E-state index in [9.17, 15) is 10.1 Å². The van der Waals surface area contributed by atoms with Crippen molar-refractivity contribution in [1.82, 2.24) is 0 Å². The Bertz CT molecular complexity index is 829. The number of hydrogen-bond acceptors (Lipinski definition) is 4. The van der Waals surface area contributed by atoms with Crippen LogP contribution in [0.3, 0.4) is 0 Å². The highest BCUT2D eigenvalue weighted by molar-refractivity contribution is 6.31. The van der Waals surface area contributed by atoms with Gasteiger partial charge in [-0.3, -0.25) is 4.79 Å². The number of halogens is 1. The standard InChI is InChI=1S/C19H18ClN3O2/c20-15-5-4-6-16(12-15)22-19(24)14(13-21)11-17-7-8-18(25-17)23-9-2-1-3-10-23/h4-8,11-12H,1-3,9-10H2,(H,22,24)/b14-11-. The van der Waals surface area contributed by atoms with Crippen LogP contribution in [-0.4, -0.2) is 19.0 Å². The minimum absolute atomic E-state index is 0.0282. The number of piperidine rings is 1. The normalized spacial score (nSPS) is 14.9.